The van der Waals surface area contributed by atoms with Crippen LogP contribution < -0.4 is 5.43 Å². The van der Waals surface area contributed by atoms with Crippen molar-refractivity contribution in [1.82, 2.24) is 4.98 Å². The molecule has 0 aliphatic carbocycles. The summed E-state index contributed by atoms with van der Waals surface area (Å²) in [5.41, 5.74) is 3.70. The summed E-state index contributed by atoms with van der Waals surface area (Å²) in [6.07, 6.45) is 1.48. The standard InChI is InChI=1S/C16H11ClN4O2/c1-10-20-14(8-18)16(22-10)21-19-9-13-6-7-15(23-13)11-2-4-12(17)5-3-11/h2-7,9,21H,1H3/b19-9+. The van der Waals surface area contributed by atoms with Crippen LogP contribution in [-0.4, -0.2) is 11.2 Å². The maximum atomic E-state index is 8.90. The molecule has 2 aromatic heterocycles. The fraction of sp³-hybridized carbons (Fsp3) is 0.0625. The van der Waals surface area contributed by atoms with E-state index in [9.17, 15) is 0 Å². The monoisotopic (exact) mass is 326 g/mol. The molecule has 3 aromatic rings. The fourth-order valence-corrected chi connectivity index (χ4v) is 2.05. The Hall–Kier alpha value is -3.04. The average Bonchev–Trinajstić information content (AvgIpc) is 3.15. The van der Waals surface area contributed by atoms with Crippen molar-refractivity contribution in [2.24, 2.45) is 5.10 Å². The van der Waals surface area contributed by atoms with E-state index in [0.717, 1.165) is 5.56 Å². The summed E-state index contributed by atoms with van der Waals surface area (Å²) in [5, 5.41) is 13.6. The van der Waals surface area contributed by atoms with E-state index in [-0.39, 0.29) is 11.6 Å². The largest absolute Gasteiger partial charge is 0.455 e. The number of aryl methyl sites for hydroxylation is 1. The summed E-state index contributed by atoms with van der Waals surface area (Å²) in [4.78, 5) is 3.91. The number of anilines is 1. The number of benzene rings is 1. The molecule has 0 bridgehead atoms. The van der Waals surface area contributed by atoms with Crippen LogP contribution in [-0.2, 0) is 0 Å². The number of oxazole rings is 1. The Labute approximate surface area is 137 Å². The molecule has 6 nitrogen and oxygen atoms in total. The molecule has 0 saturated heterocycles. The van der Waals surface area contributed by atoms with Crippen LogP contribution >= 0.6 is 11.6 Å². The van der Waals surface area contributed by atoms with Gasteiger partial charge in [0.1, 0.15) is 17.6 Å². The molecular formula is C16H11ClN4O2. The zero-order valence-corrected chi connectivity index (χ0v) is 12.8. The van der Waals surface area contributed by atoms with E-state index < -0.39 is 0 Å². The number of nitrogens with one attached hydrogen (secondary N) is 1. The SMILES string of the molecule is Cc1nc(C#N)c(N/N=C/c2ccc(-c3ccc(Cl)cc3)o2)o1. The Balaban J connectivity index is 1.71. The zero-order chi connectivity index (χ0) is 16.2. The molecule has 1 N–H and O–H groups in total. The number of furan rings is 1. The first kappa shape index (κ1) is 14.9. The van der Waals surface area contributed by atoms with Crippen LogP contribution in [0.1, 0.15) is 17.3 Å². The quantitative estimate of drug-likeness (QED) is 0.573. The van der Waals surface area contributed by atoms with Crippen LogP contribution in [0.25, 0.3) is 11.3 Å². The van der Waals surface area contributed by atoms with Crippen LogP contribution in [0.3, 0.4) is 0 Å². The molecule has 23 heavy (non-hydrogen) atoms. The molecule has 114 valence electrons. The molecule has 0 saturated carbocycles. The lowest BCUT2D eigenvalue weighted by Gasteiger charge is -1.96. The van der Waals surface area contributed by atoms with Gasteiger partial charge in [-0.3, -0.25) is 0 Å². The highest BCUT2D eigenvalue weighted by atomic mass is 35.5. The number of aromatic nitrogens is 1. The number of hydrogen-bond acceptors (Lipinski definition) is 6. The number of hydrogen-bond donors (Lipinski definition) is 1. The smallest absolute Gasteiger partial charge is 0.252 e. The van der Waals surface area contributed by atoms with Crippen LogP contribution in [0.5, 0.6) is 0 Å². The maximum absolute atomic E-state index is 8.90. The predicted octanol–water partition coefficient (Wildman–Crippen LogP) is 4.21. The lowest BCUT2D eigenvalue weighted by Crippen LogP contribution is -1.90. The van der Waals surface area contributed by atoms with E-state index in [4.69, 9.17) is 25.7 Å². The van der Waals surface area contributed by atoms with E-state index in [1.165, 1.54) is 6.21 Å². The van der Waals surface area contributed by atoms with Gasteiger partial charge in [0, 0.05) is 17.5 Å². The van der Waals surface area contributed by atoms with Crippen LogP contribution in [0.2, 0.25) is 5.02 Å². The normalized spacial score (nSPS) is 10.8. The maximum Gasteiger partial charge on any atom is 0.252 e. The van der Waals surface area contributed by atoms with E-state index in [2.05, 4.69) is 15.5 Å². The minimum atomic E-state index is 0.154. The van der Waals surface area contributed by atoms with Gasteiger partial charge >= 0.3 is 0 Å². The van der Waals surface area contributed by atoms with Crippen LogP contribution in [0, 0.1) is 18.3 Å². The first-order valence-electron chi connectivity index (χ1n) is 6.68. The number of rotatable bonds is 4. The second kappa shape index (κ2) is 6.38. The van der Waals surface area contributed by atoms with E-state index in [1.54, 1.807) is 25.1 Å². The minimum absolute atomic E-state index is 0.154. The molecule has 0 amide bonds. The van der Waals surface area contributed by atoms with Crippen molar-refractivity contribution >= 4 is 23.7 Å². The zero-order valence-electron chi connectivity index (χ0n) is 12.1. The van der Waals surface area contributed by atoms with Gasteiger partial charge in [0.2, 0.25) is 5.69 Å². The highest BCUT2D eigenvalue weighted by Gasteiger charge is 2.09. The van der Waals surface area contributed by atoms with Crippen molar-refractivity contribution in [1.29, 1.82) is 5.26 Å². The molecule has 0 fully saturated rings. The summed E-state index contributed by atoms with van der Waals surface area (Å²) >= 11 is 5.86. The third-order valence-corrected chi connectivity index (χ3v) is 3.21. The van der Waals surface area contributed by atoms with Gasteiger partial charge < -0.3 is 8.83 Å². The third-order valence-electron chi connectivity index (χ3n) is 2.95. The summed E-state index contributed by atoms with van der Waals surface area (Å²) in [5.74, 6) is 1.85. The lowest BCUT2D eigenvalue weighted by molar-refractivity contribution is 0.533. The molecular weight excluding hydrogens is 316 g/mol. The summed E-state index contributed by atoms with van der Waals surface area (Å²) in [6.45, 7) is 1.65. The molecule has 0 aliphatic rings. The van der Waals surface area contributed by atoms with Crippen molar-refractivity contribution < 1.29 is 8.83 Å². The van der Waals surface area contributed by atoms with Gasteiger partial charge in [-0.15, -0.1) is 0 Å². The number of hydrazone groups is 1. The van der Waals surface area contributed by atoms with Gasteiger partial charge in [0.05, 0.1) is 6.21 Å². The minimum Gasteiger partial charge on any atom is -0.455 e. The second-order valence-corrected chi connectivity index (χ2v) is 5.04. The first-order valence-corrected chi connectivity index (χ1v) is 7.06. The second-order valence-electron chi connectivity index (χ2n) is 4.60. The molecule has 0 aliphatic heterocycles. The van der Waals surface area contributed by atoms with Gasteiger partial charge in [0.25, 0.3) is 5.88 Å². The Morgan fingerprint density at radius 2 is 2.00 bits per heavy atom. The van der Waals surface area contributed by atoms with Gasteiger partial charge in [-0.25, -0.2) is 10.4 Å². The van der Waals surface area contributed by atoms with Gasteiger partial charge in [-0.05, 0) is 36.4 Å². The molecule has 0 atom stereocenters. The van der Waals surface area contributed by atoms with Gasteiger partial charge in [-0.1, -0.05) is 11.6 Å². The van der Waals surface area contributed by atoms with Crippen molar-refractivity contribution in [3.8, 4) is 17.4 Å². The van der Waals surface area contributed by atoms with E-state index >= 15 is 0 Å². The van der Waals surface area contributed by atoms with Gasteiger partial charge in [0.15, 0.2) is 5.89 Å². The highest BCUT2D eigenvalue weighted by Crippen LogP contribution is 2.23. The Bertz CT molecular complexity index is 888. The molecule has 0 spiro atoms. The summed E-state index contributed by atoms with van der Waals surface area (Å²) in [6, 6.07) is 12.9. The Morgan fingerprint density at radius 3 is 2.74 bits per heavy atom. The Kier molecular flexibility index (Phi) is 4.13. The molecule has 0 unspecified atom stereocenters. The highest BCUT2D eigenvalue weighted by molar-refractivity contribution is 6.30. The van der Waals surface area contributed by atoms with Crippen LogP contribution in [0.4, 0.5) is 5.88 Å². The first-order chi connectivity index (χ1) is 11.2. The van der Waals surface area contributed by atoms with Crippen molar-refractivity contribution in [2.75, 3.05) is 5.43 Å². The number of nitrogens with zero attached hydrogens (tertiary/aromatic N) is 3. The predicted molar refractivity (Wildman–Crippen MR) is 86.3 cm³/mol. The topological polar surface area (TPSA) is 87.4 Å². The van der Waals surface area contributed by atoms with E-state index in [1.807, 2.05) is 24.3 Å². The Morgan fingerprint density at radius 1 is 1.22 bits per heavy atom. The molecule has 7 heteroatoms. The molecule has 0 radical (unpaired) electrons. The number of halogens is 1. The van der Waals surface area contributed by atoms with Crippen LogP contribution in [0.15, 0.2) is 50.3 Å². The number of nitriles is 1. The van der Waals surface area contributed by atoms with Gasteiger partial charge in [-0.2, -0.15) is 10.4 Å². The third kappa shape index (κ3) is 3.42. The molecule has 3 rings (SSSR count). The lowest BCUT2D eigenvalue weighted by atomic mass is 10.2. The average molecular weight is 327 g/mol. The van der Waals surface area contributed by atoms with Crippen molar-refractivity contribution in [3.05, 3.63) is 58.8 Å². The van der Waals surface area contributed by atoms with Crippen molar-refractivity contribution in [3.63, 3.8) is 0 Å². The summed E-state index contributed by atoms with van der Waals surface area (Å²) in [7, 11) is 0. The van der Waals surface area contributed by atoms with Crippen molar-refractivity contribution in [2.45, 2.75) is 6.92 Å². The molecule has 1 aromatic carbocycles. The molecule has 2 heterocycles. The fourth-order valence-electron chi connectivity index (χ4n) is 1.92. The summed E-state index contributed by atoms with van der Waals surface area (Å²) < 4.78 is 10.9. The van der Waals surface area contributed by atoms with E-state index in [0.29, 0.717) is 22.4 Å².